The van der Waals surface area contributed by atoms with E-state index in [9.17, 15) is 45.0 Å². The zero-order valence-corrected chi connectivity index (χ0v) is 22.6. The number of carbonyl (C=O) groups is 3. The van der Waals surface area contributed by atoms with Crippen LogP contribution in [0.5, 0.6) is 0 Å². The van der Waals surface area contributed by atoms with Crippen LogP contribution in [0.15, 0.2) is 0 Å². The largest absolute Gasteiger partial charge is 0.394 e. The van der Waals surface area contributed by atoms with E-state index in [4.69, 9.17) is 45.2 Å². The Morgan fingerprint density at radius 2 is 1.05 bits per heavy atom. The minimum absolute atomic E-state index is 0.0258. The van der Waals surface area contributed by atoms with Gasteiger partial charge in [0.05, 0.1) is 19.8 Å². The lowest BCUT2D eigenvalue weighted by atomic mass is 9.97. The van der Waals surface area contributed by atoms with E-state index in [0.29, 0.717) is 0 Å². The summed E-state index contributed by atoms with van der Waals surface area (Å²) in [5, 5.41) is 122. The smallest absolute Gasteiger partial charge is 0.217 e. The van der Waals surface area contributed by atoms with Crippen molar-refractivity contribution in [3.63, 3.8) is 0 Å². The van der Waals surface area contributed by atoms with Crippen molar-refractivity contribution in [1.29, 1.82) is 0 Å². The lowest BCUT2D eigenvalue weighted by molar-refractivity contribution is -0.253. The van der Waals surface area contributed by atoms with Gasteiger partial charge in [0, 0.05) is 13.8 Å². The normalized spacial score (nSPS) is 35.5. The number of aliphatic hydroxyl groups excluding tert-OH is 13. The Hall–Kier alpha value is -1.99. The third kappa shape index (κ3) is 11.9. The fourth-order valence-electron chi connectivity index (χ4n) is 3.59. The molecule has 0 aromatic rings. The number of ether oxygens (including phenoxy) is 2. The minimum atomic E-state index is -1.79. The van der Waals surface area contributed by atoms with Gasteiger partial charge >= 0.3 is 0 Å². The Labute approximate surface area is 239 Å². The molecule has 0 bridgehead atoms. The van der Waals surface area contributed by atoms with E-state index < -0.39 is 117 Å². The molecule has 0 spiro atoms. The van der Waals surface area contributed by atoms with E-state index in [1.165, 1.54) is 13.8 Å². The van der Waals surface area contributed by atoms with Gasteiger partial charge in [-0.25, -0.2) is 0 Å². The molecule has 0 aromatic carbocycles. The maximum Gasteiger partial charge on any atom is 0.217 e. The van der Waals surface area contributed by atoms with Crippen LogP contribution in [0.2, 0.25) is 0 Å². The van der Waals surface area contributed by atoms with Crippen LogP contribution in [0.1, 0.15) is 13.8 Å². The van der Waals surface area contributed by atoms with Gasteiger partial charge in [-0.3, -0.25) is 9.59 Å². The molecule has 0 aliphatic carbocycles. The molecule has 2 aliphatic heterocycles. The Bertz CT molecular complexity index is 761. The summed E-state index contributed by atoms with van der Waals surface area (Å²) in [6, 6.07) is -2.19. The molecule has 42 heavy (non-hydrogen) atoms. The number of nitrogens with one attached hydrogen (secondary N) is 2. The lowest BCUT2D eigenvalue weighted by Gasteiger charge is -2.40. The number of hydrogen-bond acceptors (Lipinski definition) is 18. The predicted octanol–water partition coefficient (Wildman–Crippen LogP) is -9.53. The average Bonchev–Trinajstić information content (AvgIpc) is 2.95. The zero-order valence-electron chi connectivity index (χ0n) is 22.6. The lowest BCUT2D eigenvalue weighted by Crippen LogP contribution is -2.63. The molecule has 2 amide bonds. The Balaban J connectivity index is 0.000000606. The minimum Gasteiger partial charge on any atom is -0.394 e. The monoisotopic (exact) mass is 622 g/mol. The summed E-state index contributed by atoms with van der Waals surface area (Å²) >= 11 is 0. The Morgan fingerprint density at radius 3 is 1.31 bits per heavy atom. The molecule has 14 atom stereocenters. The number of aldehydes is 1. The van der Waals surface area contributed by atoms with Crippen molar-refractivity contribution >= 4 is 18.1 Å². The number of carbonyl (C=O) groups excluding carboxylic acids is 3. The van der Waals surface area contributed by atoms with Gasteiger partial charge in [0.2, 0.25) is 11.8 Å². The van der Waals surface area contributed by atoms with Crippen molar-refractivity contribution in [2.24, 2.45) is 0 Å². The van der Waals surface area contributed by atoms with E-state index in [1.807, 2.05) is 0 Å². The summed E-state index contributed by atoms with van der Waals surface area (Å²) in [4.78, 5) is 31.4. The highest BCUT2D eigenvalue weighted by molar-refractivity contribution is 5.73. The molecule has 2 aliphatic rings. The second-order valence-electron chi connectivity index (χ2n) is 9.27. The molecule has 2 rings (SSSR count). The first-order chi connectivity index (χ1) is 19.5. The fourth-order valence-corrected chi connectivity index (χ4v) is 3.59. The van der Waals surface area contributed by atoms with E-state index in [2.05, 4.69) is 10.6 Å². The first-order valence-electron chi connectivity index (χ1n) is 12.4. The van der Waals surface area contributed by atoms with Crippen LogP contribution >= 0.6 is 0 Å². The first kappa shape index (κ1) is 40.0. The maximum absolute atomic E-state index is 10.7. The third-order valence-electron chi connectivity index (χ3n) is 5.96. The number of rotatable bonds is 9. The molecule has 0 saturated carbocycles. The molecule has 2 fully saturated rings. The van der Waals surface area contributed by atoms with Crippen LogP contribution in [0, 0.1) is 0 Å². The second kappa shape index (κ2) is 19.3. The summed E-state index contributed by atoms with van der Waals surface area (Å²) in [5.41, 5.74) is 0. The second-order valence-corrected chi connectivity index (χ2v) is 9.27. The maximum atomic E-state index is 10.7. The number of hydrogen-bond donors (Lipinski definition) is 15. The van der Waals surface area contributed by atoms with Crippen LogP contribution in [0.3, 0.4) is 0 Å². The van der Waals surface area contributed by atoms with E-state index in [-0.39, 0.29) is 6.29 Å². The third-order valence-corrected chi connectivity index (χ3v) is 5.96. The summed E-state index contributed by atoms with van der Waals surface area (Å²) < 4.78 is 9.62. The summed E-state index contributed by atoms with van der Waals surface area (Å²) in [6.07, 6.45) is -17.3. The number of aliphatic hydroxyl groups is 13. The van der Waals surface area contributed by atoms with E-state index >= 15 is 0 Å². The highest BCUT2D eigenvalue weighted by atomic mass is 16.6. The molecule has 0 radical (unpaired) electrons. The van der Waals surface area contributed by atoms with Gasteiger partial charge in [-0.1, -0.05) is 0 Å². The molecule has 20 heteroatoms. The summed E-state index contributed by atoms with van der Waals surface area (Å²) in [5.74, 6) is -0.923. The van der Waals surface area contributed by atoms with Gasteiger partial charge in [-0.2, -0.15) is 0 Å². The molecule has 2 saturated heterocycles. The van der Waals surface area contributed by atoms with Crippen molar-refractivity contribution in [2.75, 3.05) is 19.8 Å². The van der Waals surface area contributed by atoms with E-state index in [1.54, 1.807) is 0 Å². The van der Waals surface area contributed by atoms with Crippen LogP contribution < -0.4 is 10.6 Å². The molecule has 15 N–H and O–H groups in total. The standard InChI is InChI=1S/2C8H15NO6.C6H12O6/c2*1-3(11)9-5-7(13)6(12)4(2-10)15-8(5)14;7-1-3(9)5(11)6(12)4(10)2-8/h2*4-8,10,12-14H,2H2,1H3,(H,9,11);1,3-6,8-12H,2H2/t2*4-,5-,6-,7-,8?;/m11./s1. The summed E-state index contributed by atoms with van der Waals surface area (Å²) in [6.45, 7) is 0.613. The van der Waals surface area contributed by atoms with Gasteiger partial charge in [0.25, 0.3) is 0 Å². The first-order valence-corrected chi connectivity index (χ1v) is 12.4. The van der Waals surface area contributed by atoms with Crippen molar-refractivity contribution in [3.8, 4) is 0 Å². The van der Waals surface area contributed by atoms with Crippen LogP contribution in [-0.4, -0.2) is 190 Å². The molecule has 6 unspecified atom stereocenters. The quantitative estimate of drug-likeness (QED) is 0.106. The van der Waals surface area contributed by atoms with Crippen molar-refractivity contribution in [1.82, 2.24) is 10.6 Å². The van der Waals surface area contributed by atoms with Crippen molar-refractivity contribution in [3.05, 3.63) is 0 Å². The van der Waals surface area contributed by atoms with Crippen LogP contribution in [0.4, 0.5) is 0 Å². The van der Waals surface area contributed by atoms with Crippen molar-refractivity contribution in [2.45, 2.75) is 99.6 Å². The molecular weight excluding hydrogens is 580 g/mol. The van der Waals surface area contributed by atoms with Gasteiger partial charge in [-0.05, 0) is 0 Å². The molecule has 248 valence electrons. The van der Waals surface area contributed by atoms with Gasteiger partial charge < -0.3 is 91.3 Å². The number of amides is 2. The van der Waals surface area contributed by atoms with Crippen LogP contribution in [-0.2, 0) is 23.9 Å². The molecular formula is C22H42N2O18. The van der Waals surface area contributed by atoms with Gasteiger partial charge in [0.15, 0.2) is 18.9 Å². The Kier molecular flexibility index (Phi) is 18.4. The topological polar surface area (TPSA) is 357 Å². The Morgan fingerprint density at radius 1 is 0.690 bits per heavy atom. The van der Waals surface area contributed by atoms with Gasteiger partial charge in [0.1, 0.15) is 73.1 Å². The summed E-state index contributed by atoms with van der Waals surface area (Å²) in [7, 11) is 0. The van der Waals surface area contributed by atoms with E-state index in [0.717, 1.165) is 0 Å². The van der Waals surface area contributed by atoms with Crippen molar-refractivity contribution < 1.29 is 90.2 Å². The molecule has 2 heterocycles. The average molecular weight is 623 g/mol. The van der Waals surface area contributed by atoms with Crippen LogP contribution in [0.25, 0.3) is 0 Å². The zero-order chi connectivity index (χ0) is 32.9. The fraction of sp³-hybridized carbons (Fsp3) is 0.864. The highest BCUT2D eigenvalue weighted by Gasteiger charge is 2.45. The molecule has 0 aromatic heterocycles. The SMILES string of the molecule is CC(=O)N[C@H]1C(O)O[C@H](CO)[C@@H](O)[C@@H]1O.CC(=O)N[C@H]1C(O)O[C@H](CO)[C@@H](O)[C@@H]1O.O=CC(O)C(O)C(O)C(O)CO. The highest BCUT2D eigenvalue weighted by Crippen LogP contribution is 2.20. The van der Waals surface area contributed by atoms with Gasteiger partial charge in [-0.15, -0.1) is 0 Å². The predicted molar refractivity (Wildman–Crippen MR) is 132 cm³/mol. The molecule has 20 nitrogen and oxygen atoms in total.